The number of urea groups is 1. The van der Waals surface area contributed by atoms with E-state index >= 15 is 0 Å². The number of carbonyl (C=O) groups is 1. The topological polar surface area (TPSA) is 74.2 Å². The maximum absolute atomic E-state index is 11.9. The van der Waals surface area contributed by atoms with Gasteiger partial charge in [-0.3, -0.25) is 5.32 Å². The van der Waals surface area contributed by atoms with Crippen LogP contribution >= 0.6 is 11.3 Å². The maximum Gasteiger partial charge on any atom is 0.321 e. The van der Waals surface area contributed by atoms with Gasteiger partial charge in [0.1, 0.15) is 0 Å². The van der Waals surface area contributed by atoms with Crippen LogP contribution in [0.3, 0.4) is 0 Å². The Morgan fingerprint density at radius 3 is 2.90 bits per heavy atom. The van der Waals surface area contributed by atoms with Gasteiger partial charge < -0.3 is 10.4 Å². The third kappa shape index (κ3) is 2.91. The molecule has 1 aliphatic carbocycles. The summed E-state index contributed by atoms with van der Waals surface area (Å²) < 4.78 is 1.04. The monoisotopic (exact) mass is 291 g/mol. The van der Waals surface area contributed by atoms with Crippen LogP contribution in [0, 0.1) is 0 Å². The van der Waals surface area contributed by atoms with E-state index in [2.05, 4.69) is 15.6 Å². The van der Waals surface area contributed by atoms with Crippen LogP contribution in [0.15, 0.2) is 24.3 Å². The summed E-state index contributed by atoms with van der Waals surface area (Å²) in [6.07, 6.45) is 3.22. The number of nitrogens with zero attached hydrogens (tertiary/aromatic N) is 1. The molecule has 1 aromatic carbocycles. The number of thiazole rings is 1. The van der Waals surface area contributed by atoms with Crippen molar-refractivity contribution in [2.75, 3.05) is 5.32 Å². The molecule has 0 bridgehead atoms. The van der Waals surface area contributed by atoms with Crippen molar-refractivity contribution in [2.24, 2.45) is 0 Å². The summed E-state index contributed by atoms with van der Waals surface area (Å²) in [5, 5.41) is 16.0. The second kappa shape index (κ2) is 5.76. The predicted octanol–water partition coefficient (Wildman–Crippen LogP) is 2.72. The molecule has 1 aromatic heterocycles. The SMILES string of the molecule is O=C(Nc1nc2ccccc2s1)NC1CCCCC1O. The molecule has 1 saturated carbocycles. The minimum Gasteiger partial charge on any atom is -0.391 e. The Bertz CT molecular complexity index is 580. The number of nitrogens with one attached hydrogen (secondary N) is 2. The van der Waals surface area contributed by atoms with Gasteiger partial charge in [-0.15, -0.1) is 0 Å². The molecule has 3 rings (SSSR count). The normalized spacial score (nSPS) is 22.6. The van der Waals surface area contributed by atoms with Crippen LogP contribution in [0.4, 0.5) is 9.93 Å². The van der Waals surface area contributed by atoms with Gasteiger partial charge in [0.05, 0.1) is 22.4 Å². The lowest BCUT2D eigenvalue weighted by Gasteiger charge is -2.28. The van der Waals surface area contributed by atoms with E-state index in [1.807, 2.05) is 24.3 Å². The molecule has 5 nitrogen and oxygen atoms in total. The fourth-order valence-electron chi connectivity index (χ4n) is 2.51. The molecule has 2 aromatic rings. The number of fused-ring (bicyclic) bond motifs is 1. The number of rotatable bonds is 2. The molecule has 0 aliphatic heterocycles. The van der Waals surface area contributed by atoms with E-state index in [-0.39, 0.29) is 12.1 Å². The molecule has 0 radical (unpaired) electrons. The number of aliphatic hydroxyl groups excluding tert-OH is 1. The van der Waals surface area contributed by atoms with Crippen molar-refractivity contribution in [1.82, 2.24) is 10.3 Å². The van der Waals surface area contributed by atoms with Crippen molar-refractivity contribution in [1.29, 1.82) is 0 Å². The highest BCUT2D eigenvalue weighted by Crippen LogP contribution is 2.25. The minimum atomic E-state index is -0.440. The van der Waals surface area contributed by atoms with Gasteiger partial charge in [0.2, 0.25) is 0 Å². The Hall–Kier alpha value is -1.66. The number of hydrogen-bond acceptors (Lipinski definition) is 4. The molecule has 1 fully saturated rings. The smallest absolute Gasteiger partial charge is 0.321 e. The van der Waals surface area contributed by atoms with Crippen molar-refractivity contribution in [3.63, 3.8) is 0 Å². The standard InChI is InChI=1S/C14H17N3O2S/c18-11-7-3-1-5-9(11)15-13(19)17-14-16-10-6-2-4-8-12(10)20-14/h2,4,6,8-9,11,18H,1,3,5,7H2,(H2,15,16,17,19). The molecule has 1 aliphatic rings. The van der Waals surface area contributed by atoms with Gasteiger partial charge in [0.25, 0.3) is 0 Å². The summed E-state index contributed by atoms with van der Waals surface area (Å²) >= 11 is 1.44. The van der Waals surface area contributed by atoms with Gasteiger partial charge in [0, 0.05) is 0 Å². The Morgan fingerprint density at radius 1 is 1.30 bits per heavy atom. The lowest BCUT2D eigenvalue weighted by atomic mass is 9.93. The van der Waals surface area contributed by atoms with Crippen LogP contribution in [0.25, 0.3) is 10.2 Å². The van der Waals surface area contributed by atoms with Gasteiger partial charge in [-0.2, -0.15) is 0 Å². The molecule has 0 spiro atoms. The largest absolute Gasteiger partial charge is 0.391 e. The summed E-state index contributed by atoms with van der Waals surface area (Å²) in [6, 6.07) is 7.31. The number of benzene rings is 1. The maximum atomic E-state index is 11.9. The first-order chi connectivity index (χ1) is 9.72. The molecule has 20 heavy (non-hydrogen) atoms. The van der Waals surface area contributed by atoms with Gasteiger partial charge in [0.15, 0.2) is 5.13 Å². The molecule has 3 N–H and O–H groups in total. The van der Waals surface area contributed by atoms with Gasteiger partial charge >= 0.3 is 6.03 Å². The fraction of sp³-hybridized carbons (Fsp3) is 0.429. The highest BCUT2D eigenvalue weighted by atomic mass is 32.1. The zero-order chi connectivity index (χ0) is 13.9. The van der Waals surface area contributed by atoms with Crippen LogP contribution in [-0.2, 0) is 0 Å². The number of anilines is 1. The molecule has 106 valence electrons. The van der Waals surface area contributed by atoms with Crippen LogP contribution in [0.2, 0.25) is 0 Å². The van der Waals surface area contributed by atoms with Gasteiger partial charge in [-0.1, -0.05) is 36.3 Å². The van der Waals surface area contributed by atoms with Crippen LogP contribution in [-0.4, -0.2) is 28.3 Å². The van der Waals surface area contributed by atoms with E-state index in [9.17, 15) is 9.90 Å². The van der Waals surface area contributed by atoms with Crippen LogP contribution in [0.5, 0.6) is 0 Å². The van der Waals surface area contributed by atoms with E-state index in [0.717, 1.165) is 35.9 Å². The first-order valence-electron chi connectivity index (χ1n) is 6.83. The first kappa shape index (κ1) is 13.3. The number of para-hydroxylation sites is 1. The summed E-state index contributed by atoms with van der Waals surface area (Å²) in [5.41, 5.74) is 0.880. The molecule has 2 atom stereocenters. The summed E-state index contributed by atoms with van der Waals surface area (Å²) in [7, 11) is 0. The third-order valence-corrected chi connectivity index (χ3v) is 4.51. The molecule has 2 amide bonds. The van der Waals surface area contributed by atoms with Crippen molar-refractivity contribution < 1.29 is 9.90 Å². The van der Waals surface area contributed by atoms with Crippen molar-refractivity contribution >= 4 is 32.7 Å². The average molecular weight is 291 g/mol. The van der Waals surface area contributed by atoms with E-state index in [1.54, 1.807) is 0 Å². The highest BCUT2D eigenvalue weighted by Gasteiger charge is 2.24. The summed E-state index contributed by atoms with van der Waals surface area (Å²) in [4.78, 5) is 16.3. The van der Waals surface area contributed by atoms with E-state index in [4.69, 9.17) is 0 Å². The quantitative estimate of drug-likeness (QED) is 0.796. The number of amides is 2. The molecule has 6 heteroatoms. The van der Waals surface area contributed by atoms with E-state index in [0.29, 0.717) is 5.13 Å². The molecule has 2 unspecified atom stereocenters. The second-order valence-electron chi connectivity index (χ2n) is 5.04. The van der Waals surface area contributed by atoms with Crippen molar-refractivity contribution in [3.05, 3.63) is 24.3 Å². The summed E-state index contributed by atoms with van der Waals surface area (Å²) in [6.45, 7) is 0. The fourth-order valence-corrected chi connectivity index (χ4v) is 3.37. The first-order valence-corrected chi connectivity index (χ1v) is 7.65. The Morgan fingerprint density at radius 2 is 2.10 bits per heavy atom. The van der Waals surface area contributed by atoms with Gasteiger partial charge in [-0.25, -0.2) is 9.78 Å². The van der Waals surface area contributed by atoms with Crippen LogP contribution in [0.1, 0.15) is 25.7 Å². The van der Waals surface area contributed by atoms with E-state index < -0.39 is 6.10 Å². The van der Waals surface area contributed by atoms with Crippen molar-refractivity contribution in [3.8, 4) is 0 Å². The Kier molecular flexibility index (Phi) is 3.84. The predicted molar refractivity (Wildman–Crippen MR) is 80.0 cm³/mol. The lowest BCUT2D eigenvalue weighted by molar-refractivity contribution is 0.0955. The average Bonchev–Trinajstić information content (AvgIpc) is 2.83. The second-order valence-corrected chi connectivity index (χ2v) is 6.07. The van der Waals surface area contributed by atoms with Crippen LogP contribution < -0.4 is 10.6 Å². The number of aromatic nitrogens is 1. The minimum absolute atomic E-state index is 0.155. The Labute approximate surface area is 121 Å². The zero-order valence-corrected chi connectivity index (χ0v) is 11.8. The summed E-state index contributed by atoms with van der Waals surface area (Å²) in [5.74, 6) is 0. The number of aliphatic hydroxyl groups is 1. The highest BCUT2D eigenvalue weighted by molar-refractivity contribution is 7.22. The van der Waals surface area contributed by atoms with E-state index in [1.165, 1.54) is 11.3 Å². The lowest BCUT2D eigenvalue weighted by Crippen LogP contribution is -2.46. The zero-order valence-electron chi connectivity index (χ0n) is 11.0. The van der Waals surface area contributed by atoms with Crippen molar-refractivity contribution in [2.45, 2.75) is 37.8 Å². The molecular formula is C14H17N3O2S. The van der Waals surface area contributed by atoms with Gasteiger partial charge in [-0.05, 0) is 25.0 Å². The number of carbonyl (C=O) groups excluding carboxylic acids is 1. The molecular weight excluding hydrogens is 274 g/mol. The number of hydrogen-bond donors (Lipinski definition) is 3. The molecule has 1 heterocycles. The third-order valence-electron chi connectivity index (χ3n) is 3.56. The molecule has 0 saturated heterocycles. The Balaban J connectivity index is 1.63.